The Morgan fingerprint density at radius 1 is 1.20 bits per heavy atom. The van der Waals surface area contributed by atoms with Crippen molar-refractivity contribution in [1.82, 2.24) is 24.8 Å². The van der Waals surface area contributed by atoms with Crippen molar-refractivity contribution in [3.63, 3.8) is 0 Å². The van der Waals surface area contributed by atoms with Gasteiger partial charge in [0.2, 0.25) is 11.9 Å². The van der Waals surface area contributed by atoms with Crippen molar-refractivity contribution in [1.29, 1.82) is 0 Å². The Morgan fingerprint density at radius 3 is 2.71 bits per heavy atom. The second-order valence-corrected chi connectivity index (χ2v) is 10.4. The minimum Gasteiger partial charge on any atom is -0.645 e. The van der Waals surface area contributed by atoms with Crippen molar-refractivity contribution in [2.45, 2.75) is 47.0 Å². The smallest absolute Gasteiger partial charge is 0.645 e. The number of aromatic nitrogens is 3. The van der Waals surface area contributed by atoms with Crippen LogP contribution in [0.5, 0.6) is 0 Å². The summed E-state index contributed by atoms with van der Waals surface area (Å²) in [6.45, 7) is 10.7. The molecular formula is C30H43KN8OS. The fraction of sp³-hybridized carbons (Fsp3) is 0.467. The van der Waals surface area contributed by atoms with Crippen LogP contribution in [0, 0.1) is 18.8 Å². The number of likely N-dealkylation sites (N-methyl/N-ethyl adjacent to an activating group) is 2. The molecule has 0 bridgehead atoms. The molecule has 216 valence electrons. The van der Waals surface area contributed by atoms with Crippen LogP contribution in [0.2, 0.25) is 0 Å². The van der Waals surface area contributed by atoms with Gasteiger partial charge in [0, 0.05) is 38.3 Å². The third-order valence-electron chi connectivity index (χ3n) is 5.34. The zero-order valence-electron chi connectivity index (χ0n) is 25.9. The Balaban J connectivity index is 0.00000274. The molecule has 9 nitrogen and oxygen atoms in total. The molecule has 2 N–H and O–H groups in total. The van der Waals surface area contributed by atoms with E-state index in [9.17, 15) is 4.79 Å². The number of fused-ring (bicyclic) bond motifs is 1. The molecule has 2 aromatic heterocycles. The van der Waals surface area contributed by atoms with Gasteiger partial charge in [0.15, 0.2) is 0 Å². The van der Waals surface area contributed by atoms with Gasteiger partial charge in [-0.15, -0.1) is 17.9 Å². The van der Waals surface area contributed by atoms with E-state index in [1.165, 1.54) is 0 Å². The SMILES string of the molecule is CC.CCCNc1nc(Nc2ccc3sc(C)nc3c2)ncc1C#CCCC[N-]CN(C)C(=O)/C=C/CN(C)C.[K+]. The number of benzene rings is 1. The molecule has 41 heavy (non-hydrogen) atoms. The molecule has 0 spiro atoms. The third kappa shape index (κ3) is 13.8. The summed E-state index contributed by atoms with van der Waals surface area (Å²) in [7, 11) is 5.68. The summed E-state index contributed by atoms with van der Waals surface area (Å²) in [5.41, 5.74) is 2.62. The quantitative estimate of drug-likeness (QED) is 0.134. The molecule has 0 aliphatic rings. The van der Waals surface area contributed by atoms with E-state index in [4.69, 9.17) is 0 Å². The van der Waals surface area contributed by atoms with Crippen LogP contribution in [0.4, 0.5) is 17.5 Å². The summed E-state index contributed by atoms with van der Waals surface area (Å²) < 4.78 is 1.16. The monoisotopic (exact) mass is 602 g/mol. The largest absolute Gasteiger partial charge is 1.00 e. The number of hydrogen-bond donors (Lipinski definition) is 2. The van der Waals surface area contributed by atoms with Crippen molar-refractivity contribution >= 4 is 44.9 Å². The number of anilines is 3. The number of nitrogens with one attached hydrogen (secondary N) is 2. The minimum atomic E-state index is -0.0424. The number of aryl methyl sites for hydroxylation is 1. The van der Waals surface area contributed by atoms with E-state index in [0.29, 0.717) is 25.6 Å². The van der Waals surface area contributed by atoms with Crippen molar-refractivity contribution < 1.29 is 56.2 Å². The maximum Gasteiger partial charge on any atom is 1.00 e. The van der Waals surface area contributed by atoms with E-state index in [2.05, 4.69) is 55.7 Å². The Kier molecular flexibility index (Phi) is 18.9. The third-order valence-corrected chi connectivity index (χ3v) is 6.29. The molecule has 0 atom stereocenters. The summed E-state index contributed by atoms with van der Waals surface area (Å²) in [6.07, 6.45) is 7.69. The standard InChI is InChI=1S/C28H37N8OS.C2H6.K/c1-6-15-30-27-22(11-8-7-9-16-29-20-36(5)26(37)12-10-17-35(3)4)19-31-28(34-27)33-23-13-14-25-24(18-23)32-21(2)38-25;1-2;/h10,12-14,18-19H,6-7,9,15-17,20H2,1-5H3,(H2,30,31,33,34);1-2H3;/q-1;;+1/b12-10+;;. The fourth-order valence-electron chi connectivity index (χ4n) is 3.38. The summed E-state index contributed by atoms with van der Waals surface area (Å²) in [4.78, 5) is 29.4. The zero-order valence-corrected chi connectivity index (χ0v) is 29.9. The average molecular weight is 603 g/mol. The first-order valence-electron chi connectivity index (χ1n) is 13.8. The number of hydrogen-bond acceptors (Lipinski definition) is 8. The number of thiazole rings is 1. The van der Waals surface area contributed by atoms with Crippen molar-refractivity contribution in [3.05, 3.63) is 52.4 Å². The Labute approximate surface area is 292 Å². The Bertz CT molecular complexity index is 1300. The van der Waals surface area contributed by atoms with E-state index in [0.717, 1.165) is 58.2 Å². The normalized spacial score (nSPS) is 10.4. The van der Waals surface area contributed by atoms with Crippen molar-refractivity contribution in [2.75, 3.05) is 58.1 Å². The van der Waals surface area contributed by atoms with Gasteiger partial charge >= 0.3 is 51.4 Å². The summed E-state index contributed by atoms with van der Waals surface area (Å²) in [5.74, 6) is 7.59. The minimum absolute atomic E-state index is 0. The van der Waals surface area contributed by atoms with Gasteiger partial charge in [0.05, 0.1) is 27.0 Å². The van der Waals surface area contributed by atoms with Crippen LogP contribution in [-0.2, 0) is 4.79 Å². The first-order valence-corrected chi connectivity index (χ1v) is 14.6. The predicted octanol–water partition coefficient (Wildman–Crippen LogP) is 3.03. The number of amides is 1. The second kappa shape index (κ2) is 20.9. The topological polar surface area (TPSA) is 100 Å². The molecule has 0 fully saturated rings. The molecular weight excluding hydrogens is 560 g/mol. The van der Waals surface area contributed by atoms with Gasteiger partial charge in [0.25, 0.3) is 0 Å². The molecule has 2 heterocycles. The molecule has 0 unspecified atom stereocenters. The van der Waals surface area contributed by atoms with E-state index < -0.39 is 0 Å². The zero-order chi connectivity index (χ0) is 29.3. The molecule has 3 rings (SSSR count). The molecule has 0 aliphatic carbocycles. The van der Waals surface area contributed by atoms with Gasteiger partial charge in [-0.05, 0) is 45.6 Å². The Morgan fingerprint density at radius 2 is 1.98 bits per heavy atom. The van der Waals surface area contributed by atoms with Gasteiger partial charge in [0.1, 0.15) is 5.82 Å². The Hall–Kier alpha value is -1.88. The van der Waals surface area contributed by atoms with Crippen LogP contribution in [0.25, 0.3) is 15.5 Å². The molecule has 1 amide bonds. The summed E-state index contributed by atoms with van der Waals surface area (Å²) in [5, 5.41) is 12.1. The van der Waals surface area contributed by atoms with Crippen LogP contribution in [-0.4, -0.2) is 78.1 Å². The number of unbranched alkanes of at least 4 members (excludes halogenated alkanes) is 1. The van der Waals surface area contributed by atoms with Crippen LogP contribution < -0.4 is 62.0 Å². The number of nitrogens with zero attached hydrogens (tertiary/aromatic N) is 6. The molecule has 1 aromatic carbocycles. The van der Waals surface area contributed by atoms with Gasteiger partial charge in [-0.2, -0.15) is 4.98 Å². The van der Waals surface area contributed by atoms with Crippen molar-refractivity contribution in [2.24, 2.45) is 0 Å². The van der Waals surface area contributed by atoms with E-state index in [1.54, 1.807) is 35.6 Å². The van der Waals surface area contributed by atoms with E-state index in [1.807, 2.05) is 58.0 Å². The fourth-order valence-corrected chi connectivity index (χ4v) is 4.19. The second-order valence-electron chi connectivity index (χ2n) is 9.12. The molecule has 11 heteroatoms. The van der Waals surface area contributed by atoms with E-state index in [-0.39, 0.29) is 57.3 Å². The van der Waals surface area contributed by atoms with Crippen LogP contribution in [0.3, 0.4) is 0 Å². The number of carbonyl (C=O) groups excluding carboxylic acids is 1. The summed E-state index contributed by atoms with van der Waals surface area (Å²) in [6, 6.07) is 6.08. The van der Waals surface area contributed by atoms with Crippen LogP contribution >= 0.6 is 11.3 Å². The first-order chi connectivity index (χ1) is 19.4. The van der Waals surface area contributed by atoms with Gasteiger partial charge < -0.3 is 25.8 Å². The summed E-state index contributed by atoms with van der Waals surface area (Å²) >= 11 is 1.68. The van der Waals surface area contributed by atoms with Crippen molar-refractivity contribution in [3.8, 4) is 11.8 Å². The van der Waals surface area contributed by atoms with Gasteiger partial charge in [-0.3, -0.25) is 4.79 Å². The number of carbonyl (C=O) groups is 1. The predicted molar refractivity (Wildman–Crippen MR) is 169 cm³/mol. The van der Waals surface area contributed by atoms with Crippen LogP contribution in [0.15, 0.2) is 36.5 Å². The molecule has 0 saturated carbocycles. The first kappa shape index (κ1) is 37.1. The molecule has 0 saturated heterocycles. The average Bonchev–Trinajstić information content (AvgIpc) is 3.32. The van der Waals surface area contributed by atoms with Gasteiger partial charge in [-0.25, -0.2) is 9.97 Å². The number of rotatable bonds is 13. The maximum absolute atomic E-state index is 12.0. The van der Waals surface area contributed by atoms with Gasteiger partial charge in [-0.1, -0.05) is 51.8 Å². The molecule has 0 radical (unpaired) electrons. The maximum atomic E-state index is 12.0. The van der Waals surface area contributed by atoms with E-state index >= 15 is 0 Å². The van der Waals surface area contributed by atoms with Crippen LogP contribution in [0.1, 0.15) is 50.6 Å². The molecule has 3 aromatic rings. The molecule has 0 aliphatic heterocycles.